The number of benzene rings is 1. The van der Waals surface area contributed by atoms with Gasteiger partial charge in [-0.15, -0.1) is 0 Å². The maximum Gasteiger partial charge on any atom is 0.227 e. The highest BCUT2D eigenvalue weighted by molar-refractivity contribution is 5.92. The van der Waals surface area contributed by atoms with E-state index >= 15 is 0 Å². The summed E-state index contributed by atoms with van der Waals surface area (Å²) in [4.78, 5) is 17.0. The molecule has 7 heteroatoms. The fourth-order valence-electron chi connectivity index (χ4n) is 3.57. The first-order valence-corrected chi connectivity index (χ1v) is 10.6. The molecule has 29 heavy (non-hydrogen) atoms. The van der Waals surface area contributed by atoms with Gasteiger partial charge in [-0.25, -0.2) is 4.99 Å². The third kappa shape index (κ3) is 6.93. The smallest absolute Gasteiger partial charge is 0.227 e. The van der Waals surface area contributed by atoms with Crippen molar-refractivity contribution in [3.8, 4) is 0 Å². The minimum atomic E-state index is 0.148. The van der Waals surface area contributed by atoms with Gasteiger partial charge >= 0.3 is 0 Å². The maximum atomic E-state index is 12.3. The molecule has 0 atom stereocenters. The lowest BCUT2D eigenvalue weighted by Crippen LogP contribution is -2.38. The van der Waals surface area contributed by atoms with Crippen molar-refractivity contribution in [1.29, 1.82) is 0 Å². The molecule has 0 spiro atoms. The van der Waals surface area contributed by atoms with E-state index in [0.717, 1.165) is 68.9 Å². The quantitative estimate of drug-likeness (QED) is 0.345. The van der Waals surface area contributed by atoms with E-state index in [2.05, 4.69) is 33.0 Å². The van der Waals surface area contributed by atoms with E-state index in [9.17, 15) is 4.79 Å². The molecular formula is C22H32N6O. The Morgan fingerprint density at radius 1 is 1.24 bits per heavy atom. The lowest BCUT2D eigenvalue weighted by atomic mass is 10.1. The van der Waals surface area contributed by atoms with E-state index in [4.69, 9.17) is 0 Å². The predicted molar refractivity (Wildman–Crippen MR) is 117 cm³/mol. The van der Waals surface area contributed by atoms with Gasteiger partial charge in [0.25, 0.3) is 0 Å². The average molecular weight is 397 g/mol. The molecule has 1 heterocycles. The number of carbonyl (C=O) groups is 1. The van der Waals surface area contributed by atoms with Crippen molar-refractivity contribution in [1.82, 2.24) is 20.4 Å². The zero-order valence-corrected chi connectivity index (χ0v) is 17.2. The van der Waals surface area contributed by atoms with Gasteiger partial charge in [0.2, 0.25) is 5.91 Å². The van der Waals surface area contributed by atoms with Gasteiger partial charge in [-0.1, -0.05) is 25.0 Å². The number of anilines is 1. The van der Waals surface area contributed by atoms with E-state index in [1.54, 1.807) is 6.20 Å². The lowest BCUT2D eigenvalue weighted by molar-refractivity contribution is -0.119. The van der Waals surface area contributed by atoms with E-state index < -0.39 is 0 Å². The summed E-state index contributed by atoms with van der Waals surface area (Å²) < 4.78 is 1.93. The molecular weight excluding hydrogens is 364 g/mol. The minimum absolute atomic E-state index is 0.148. The van der Waals surface area contributed by atoms with Crippen LogP contribution in [0.15, 0.2) is 47.7 Å². The Bertz CT molecular complexity index is 780. The monoisotopic (exact) mass is 396 g/mol. The molecule has 1 aromatic heterocycles. The van der Waals surface area contributed by atoms with Crippen molar-refractivity contribution in [3.05, 3.63) is 48.3 Å². The predicted octanol–water partition coefficient (Wildman–Crippen LogP) is 3.16. The Balaban J connectivity index is 1.49. The molecule has 156 valence electrons. The SMILES string of the molecule is CCNC(=NCc1cccc(NC(=O)C2CCCC2)c1)NCCCn1cccn1. The zero-order valence-electron chi connectivity index (χ0n) is 17.2. The highest BCUT2D eigenvalue weighted by atomic mass is 16.1. The second-order valence-corrected chi connectivity index (χ2v) is 7.42. The van der Waals surface area contributed by atoms with Gasteiger partial charge in [-0.2, -0.15) is 5.10 Å². The molecule has 0 saturated heterocycles. The highest BCUT2D eigenvalue weighted by Crippen LogP contribution is 2.26. The van der Waals surface area contributed by atoms with Crippen molar-refractivity contribution in [2.24, 2.45) is 10.9 Å². The van der Waals surface area contributed by atoms with Crippen molar-refractivity contribution in [3.63, 3.8) is 0 Å². The number of nitrogens with zero attached hydrogens (tertiary/aromatic N) is 3. The van der Waals surface area contributed by atoms with Gasteiger partial charge in [-0.3, -0.25) is 9.48 Å². The molecule has 1 aliphatic rings. The summed E-state index contributed by atoms with van der Waals surface area (Å²) in [5.41, 5.74) is 1.93. The van der Waals surface area contributed by atoms with Gasteiger partial charge < -0.3 is 16.0 Å². The first-order chi connectivity index (χ1) is 14.2. The molecule has 2 aromatic rings. The summed E-state index contributed by atoms with van der Waals surface area (Å²) in [7, 11) is 0. The first kappa shape index (κ1) is 20.9. The number of carbonyl (C=O) groups excluding carboxylic acids is 1. The van der Waals surface area contributed by atoms with Crippen LogP contribution < -0.4 is 16.0 Å². The van der Waals surface area contributed by atoms with E-state index in [1.165, 1.54) is 0 Å². The van der Waals surface area contributed by atoms with Crippen LogP contribution in [0.25, 0.3) is 0 Å². The molecule has 1 amide bonds. The fraction of sp³-hybridized carbons (Fsp3) is 0.500. The number of aliphatic imine (C=N–C) groups is 1. The molecule has 1 aliphatic carbocycles. The second kappa shape index (κ2) is 11.2. The summed E-state index contributed by atoms with van der Waals surface area (Å²) in [6.45, 7) is 5.12. The third-order valence-corrected chi connectivity index (χ3v) is 5.10. The molecule has 3 N–H and O–H groups in total. The zero-order chi connectivity index (χ0) is 20.3. The first-order valence-electron chi connectivity index (χ1n) is 10.6. The molecule has 1 fully saturated rings. The number of hydrogen-bond acceptors (Lipinski definition) is 3. The number of rotatable bonds is 9. The standard InChI is InChI=1S/C22H32N6O/c1-2-23-22(24-12-6-14-28-15-7-13-26-28)25-17-18-8-5-11-20(16-18)27-21(29)19-9-3-4-10-19/h5,7-8,11,13,15-16,19H,2-4,6,9-10,12,14,17H2,1H3,(H,27,29)(H2,23,24,25). The summed E-state index contributed by atoms with van der Waals surface area (Å²) in [6, 6.07) is 9.90. The third-order valence-electron chi connectivity index (χ3n) is 5.10. The molecule has 1 saturated carbocycles. The van der Waals surface area contributed by atoms with Crippen LogP contribution in [-0.4, -0.2) is 34.7 Å². The Morgan fingerprint density at radius 3 is 2.86 bits per heavy atom. The van der Waals surface area contributed by atoms with E-state index in [0.29, 0.717) is 6.54 Å². The van der Waals surface area contributed by atoms with Crippen LogP contribution in [-0.2, 0) is 17.9 Å². The second-order valence-electron chi connectivity index (χ2n) is 7.42. The lowest BCUT2D eigenvalue weighted by Gasteiger charge is -2.12. The van der Waals surface area contributed by atoms with Crippen LogP contribution in [0.5, 0.6) is 0 Å². The maximum absolute atomic E-state index is 12.3. The normalized spacial score (nSPS) is 14.7. The van der Waals surface area contributed by atoms with Crippen molar-refractivity contribution < 1.29 is 4.79 Å². The van der Waals surface area contributed by atoms with Crippen molar-refractivity contribution in [2.75, 3.05) is 18.4 Å². The topological polar surface area (TPSA) is 83.3 Å². The summed E-state index contributed by atoms with van der Waals surface area (Å²) in [5, 5.41) is 13.9. The van der Waals surface area contributed by atoms with Crippen molar-refractivity contribution in [2.45, 2.75) is 52.1 Å². The molecule has 1 aromatic carbocycles. The minimum Gasteiger partial charge on any atom is -0.357 e. The van der Waals surface area contributed by atoms with Gasteiger partial charge in [0.1, 0.15) is 0 Å². The highest BCUT2D eigenvalue weighted by Gasteiger charge is 2.22. The van der Waals surface area contributed by atoms with Gasteiger partial charge in [0.15, 0.2) is 5.96 Å². The number of guanidine groups is 1. The molecule has 3 rings (SSSR count). The van der Waals surface area contributed by atoms with E-state index in [1.807, 2.05) is 41.2 Å². The number of hydrogen-bond donors (Lipinski definition) is 3. The largest absolute Gasteiger partial charge is 0.357 e. The number of amides is 1. The van der Waals surface area contributed by atoms with Crippen LogP contribution in [0.1, 0.15) is 44.6 Å². The number of aromatic nitrogens is 2. The van der Waals surface area contributed by atoms with Gasteiger partial charge in [-0.05, 0) is 49.9 Å². The fourth-order valence-corrected chi connectivity index (χ4v) is 3.57. The Hall–Kier alpha value is -2.83. The molecule has 0 radical (unpaired) electrons. The Kier molecular flexibility index (Phi) is 8.10. The van der Waals surface area contributed by atoms with E-state index in [-0.39, 0.29) is 11.8 Å². The molecule has 0 unspecified atom stereocenters. The van der Waals surface area contributed by atoms with Crippen LogP contribution in [0.3, 0.4) is 0 Å². The van der Waals surface area contributed by atoms with Gasteiger partial charge in [0.05, 0.1) is 6.54 Å². The van der Waals surface area contributed by atoms with Crippen LogP contribution in [0, 0.1) is 5.92 Å². The van der Waals surface area contributed by atoms with Crippen LogP contribution in [0.2, 0.25) is 0 Å². The number of aryl methyl sites for hydroxylation is 1. The summed E-state index contributed by atoms with van der Waals surface area (Å²) in [5.74, 6) is 1.12. The molecule has 0 bridgehead atoms. The number of nitrogens with one attached hydrogen (secondary N) is 3. The Morgan fingerprint density at radius 2 is 2.10 bits per heavy atom. The van der Waals surface area contributed by atoms with Crippen molar-refractivity contribution >= 4 is 17.6 Å². The Labute approximate surface area is 173 Å². The summed E-state index contributed by atoms with van der Waals surface area (Å²) in [6.07, 6.45) is 9.07. The molecule has 0 aliphatic heterocycles. The van der Waals surface area contributed by atoms with Crippen LogP contribution >= 0.6 is 0 Å². The molecule has 7 nitrogen and oxygen atoms in total. The van der Waals surface area contributed by atoms with Gasteiger partial charge in [0, 0.05) is 43.6 Å². The average Bonchev–Trinajstić information content (AvgIpc) is 3.44. The summed E-state index contributed by atoms with van der Waals surface area (Å²) >= 11 is 0. The van der Waals surface area contributed by atoms with Crippen LogP contribution in [0.4, 0.5) is 5.69 Å².